The van der Waals surface area contributed by atoms with E-state index < -0.39 is 0 Å². The molecule has 11 heavy (non-hydrogen) atoms. The Kier molecular flexibility index (Phi) is 5.69. The third-order valence-corrected chi connectivity index (χ3v) is 2.88. The highest BCUT2D eigenvalue weighted by Gasteiger charge is 2.16. The summed E-state index contributed by atoms with van der Waals surface area (Å²) in [6.45, 7) is 8.84. The van der Waals surface area contributed by atoms with Gasteiger partial charge < -0.3 is 5.73 Å². The molecule has 0 aromatic carbocycles. The summed E-state index contributed by atoms with van der Waals surface area (Å²) in [4.78, 5) is 0. The summed E-state index contributed by atoms with van der Waals surface area (Å²) in [6, 6.07) is 0. The fraction of sp³-hybridized carbons (Fsp3) is 0.778. The maximum absolute atomic E-state index is 5.62. The van der Waals surface area contributed by atoms with Gasteiger partial charge in [-0.3, -0.25) is 0 Å². The summed E-state index contributed by atoms with van der Waals surface area (Å²) in [6.07, 6.45) is 3.12. The van der Waals surface area contributed by atoms with Crippen molar-refractivity contribution in [3.63, 3.8) is 0 Å². The van der Waals surface area contributed by atoms with E-state index in [9.17, 15) is 0 Å². The lowest BCUT2D eigenvalue weighted by Gasteiger charge is -2.22. The van der Waals surface area contributed by atoms with Crippen molar-refractivity contribution >= 4 is 11.8 Å². The lowest BCUT2D eigenvalue weighted by atomic mass is 9.88. The molecule has 0 fully saturated rings. The molecule has 0 heterocycles. The summed E-state index contributed by atoms with van der Waals surface area (Å²) in [5.74, 6) is 2.38. The van der Waals surface area contributed by atoms with Crippen LogP contribution in [0.3, 0.4) is 0 Å². The summed E-state index contributed by atoms with van der Waals surface area (Å²) >= 11 is 1.96. The third-order valence-electron chi connectivity index (χ3n) is 1.98. The normalized spacial score (nSPS) is 15.9. The number of hydrogen-bond donors (Lipinski definition) is 1. The standard InChI is InChI=1S/C9H19NS/c1-4-9(3,8-10)6-7-11-5-2/h4H,1,5-8,10H2,2-3H3. The van der Waals surface area contributed by atoms with E-state index >= 15 is 0 Å². The van der Waals surface area contributed by atoms with Gasteiger partial charge in [-0.05, 0) is 23.3 Å². The summed E-state index contributed by atoms with van der Waals surface area (Å²) in [5.41, 5.74) is 5.77. The predicted molar refractivity (Wildman–Crippen MR) is 55.0 cm³/mol. The topological polar surface area (TPSA) is 26.0 Å². The van der Waals surface area contributed by atoms with Crippen LogP contribution < -0.4 is 5.73 Å². The Hall–Kier alpha value is 0.0500. The molecule has 2 heteroatoms. The van der Waals surface area contributed by atoms with Crippen molar-refractivity contribution < 1.29 is 0 Å². The molecular weight excluding hydrogens is 154 g/mol. The Labute approximate surface area is 74.4 Å². The minimum Gasteiger partial charge on any atom is -0.330 e. The fourth-order valence-electron chi connectivity index (χ4n) is 0.737. The minimum absolute atomic E-state index is 0.155. The zero-order chi connectivity index (χ0) is 8.74. The molecular formula is C9H19NS. The van der Waals surface area contributed by atoms with Crippen LogP contribution in [0.5, 0.6) is 0 Å². The Bertz CT molecular complexity index is 114. The molecule has 0 bridgehead atoms. The molecule has 0 aromatic rings. The monoisotopic (exact) mass is 173 g/mol. The van der Waals surface area contributed by atoms with Crippen LogP contribution in [-0.4, -0.2) is 18.1 Å². The maximum atomic E-state index is 5.62. The van der Waals surface area contributed by atoms with Crippen LogP contribution in [-0.2, 0) is 0 Å². The average Bonchev–Trinajstić information content (AvgIpc) is 2.05. The first-order chi connectivity index (χ1) is 5.18. The van der Waals surface area contributed by atoms with Gasteiger partial charge in [0.15, 0.2) is 0 Å². The van der Waals surface area contributed by atoms with E-state index in [-0.39, 0.29) is 5.41 Å². The van der Waals surface area contributed by atoms with E-state index in [2.05, 4.69) is 20.4 Å². The highest BCUT2D eigenvalue weighted by Crippen LogP contribution is 2.22. The quantitative estimate of drug-likeness (QED) is 0.492. The molecule has 0 saturated heterocycles. The molecule has 66 valence electrons. The minimum atomic E-state index is 0.155. The highest BCUT2D eigenvalue weighted by atomic mass is 32.2. The van der Waals surface area contributed by atoms with E-state index in [1.54, 1.807) is 0 Å². The van der Waals surface area contributed by atoms with E-state index in [0.29, 0.717) is 6.54 Å². The van der Waals surface area contributed by atoms with E-state index in [0.717, 1.165) is 6.42 Å². The molecule has 0 aliphatic heterocycles. The lowest BCUT2D eigenvalue weighted by Crippen LogP contribution is -2.25. The van der Waals surface area contributed by atoms with Crippen molar-refractivity contribution in [2.45, 2.75) is 20.3 Å². The molecule has 1 unspecified atom stereocenters. The molecule has 0 spiro atoms. The number of thioether (sulfide) groups is 1. The van der Waals surface area contributed by atoms with Gasteiger partial charge in [0.25, 0.3) is 0 Å². The second kappa shape index (κ2) is 5.67. The number of rotatable bonds is 6. The molecule has 0 aromatic heterocycles. The van der Waals surface area contributed by atoms with Crippen molar-refractivity contribution in [3.8, 4) is 0 Å². The van der Waals surface area contributed by atoms with Crippen LogP contribution in [0.2, 0.25) is 0 Å². The first-order valence-corrected chi connectivity index (χ1v) is 5.25. The molecule has 0 aliphatic rings. The second-order valence-electron chi connectivity index (χ2n) is 3.01. The smallest absolute Gasteiger partial charge is 0.00117 e. The van der Waals surface area contributed by atoms with Crippen LogP contribution in [0.1, 0.15) is 20.3 Å². The van der Waals surface area contributed by atoms with Gasteiger partial charge in [0.05, 0.1) is 0 Å². The van der Waals surface area contributed by atoms with Crippen LogP contribution in [0.25, 0.3) is 0 Å². The fourth-order valence-corrected chi connectivity index (χ4v) is 1.64. The molecule has 0 saturated carbocycles. The molecule has 2 N–H and O–H groups in total. The van der Waals surface area contributed by atoms with Gasteiger partial charge in [-0.1, -0.05) is 19.9 Å². The van der Waals surface area contributed by atoms with E-state index in [4.69, 9.17) is 5.73 Å². The van der Waals surface area contributed by atoms with Crippen LogP contribution in [0.4, 0.5) is 0 Å². The van der Waals surface area contributed by atoms with Crippen LogP contribution >= 0.6 is 11.8 Å². The molecule has 1 atom stereocenters. The van der Waals surface area contributed by atoms with Gasteiger partial charge in [0.1, 0.15) is 0 Å². The first-order valence-electron chi connectivity index (χ1n) is 4.10. The highest BCUT2D eigenvalue weighted by molar-refractivity contribution is 7.99. The largest absolute Gasteiger partial charge is 0.330 e. The predicted octanol–water partition coefficient (Wildman–Crippen LogP) is 2.28. The average molecular weight is 173 g/mol. The molecule has 0 rings (SSSR count). The second-order valence-corrected chi connectivity index (χ2v) is 4.40. The molecule has 1 nitrogen and oxygen atoms in total. The van der Waals surface area contributed by atoms with Crippen molar-refractivity contribution in [3.05, 3.63) is 12.7 Å². The number of nitrogens with two attached hydrogens (primary N) is 1. The zero-order valence-corrected chi connectivity index (χ0v) is 8.41. The summed E-state index contributed by atoms with van der Waals surface area (Å²) < 4.78 is 0. The lowest BCUT2D eigenvalue weighted by molar-refractivity contribution is 0.429. The van der Waals surface area contributed by atoms with E-state index in [1.807, 2.05) is 17.8 Å². The zero-order valence-electron chi connectivity index (χ0n) is 7.60. The van der Waals surface area contributed by atoms with Crippen molar-refractivity contribution in [1.29, 1.82) is 0 Å². The number of hydrogen-bond acceptors (Lipinski definition) is 2. The third kappa shape index (κ3) is 4.49. The van der Waals surface area contributed by atoms with Gasteiger partial charge >= 0.3 is 0 Å². The Balaban J connectivity index is 3.60. The van der Waals surface area contributed by atoms with Gasteiger partial charge in [-0.15, -0.1) is 6.58 Å². The van der Waals surface area contributed by atoms with Crippen LogP contribution in [0, 0.1) is 5.41 Å². The van der Waals surface area contributed by atoms with Gasteiger partial charge in [0, 0.05) is 6.54 Å². The van der Waals surface area contributed by atoms with Crippen molar-refractivity contribution in [1.82, 2.24) is 0 Å². The van der Waals surface area contributed by atoms with Gasteiger partial charge in [-0.25, -0.2) is 0 Å². The first kappa shape index (κ1) is 11.1. The van der Waals surface area contributed by atoms with Crippen LogP contribution in [0.15, 0.2) is 12.7 Å². The summed E-state index contributed by atoms with van der Waals surface area (Å²) in [7, 11) is 0. The van der Waals surface area contributed by atoms with E-state index in [1.165, 1.54) is 11.5 Å². The Morgan fingerprint density at radius 1 is 1.64 bits per heavy atom. The van der Waals surface area contributed by atoms with Gasteiger partial charge in [0.2, 0.25) is 0 Å². The van der Waals surface area contributed by atoms with Crippen molar-refractivity contribution in [2.75, 3.05) is 18.1 Å². The van der Waals surface area contributed by atoms with Crippen molar-refractivity contribution in [2.24, 2.45) is 11.1 Å². The summed E-state index contributed by atoms with van der Waals surface area (Å²) in [5, 5.41) is 0. The molecule has 0 aliphatic carbocycles. The van der Waals surface area contributed by atoms with Gasteiger partial charge in [-0.2, -0.15) is 11.8 Å². The SMILES string of the molecule is C=CC(C)(CN)CCSCC. The molecule has 0 amide bonds. The molecule has 0 radical (unpaired) electrons. The maximum Gasteiger partial charge on any atom is 0.00117 e. The Morgan fingerprint density at radius 3 is 2.64 bits per heavy atom. The Morgan fingerprint density at radius 2 is 2.27 bits per heavy atom.